The van der Waals surface area contributed by atoms with Gasteiger partial charge < -0.3 is 5.32 Å². The van der Waals surface area contributed by atoms with E-state index in [0.717, 1.165) is 16.2 Å². The van der Waals surface area contributed by atoms with Crippen LogP contribution in [0.1, 0.15) is 37.6 Å². The zero-order chi connectivity index (χ0) is 14.6. The van der Waals surface area contributed by atoms with Gasteiger partial charge in [-0.25, -0.2) is 0 Å². The van der Waals surface area contributed by atoms with E-state index in [1.165, 1.54) is 0 Å². The lowest BCUT2D eigenvalue weighted by molar-refractivity contribution is 0.0901. The Morgan fingerprint density at radius 1 is 1.42 bits per heavy atom. The molecule has 2 nitrogen and oxygen atoms in total. The molecule has 0 aliphatic carbocycles. The van der Waals surface area contributed by atoms with Crippen molar-refractivity contribution in [2.24, 2.45) is 5.41 Å². The molecule has 1 N–H and O–H groups in total. The second-order valence-corrected chi connectivity index (χ2v) is 7.50. The molecule has 0 heterocycles. The van der Waals surface area contributed by atoms with Gasteiger partial charge in [-0.2, -0.15) is 0 Å². The van der Waals surface area contributed by atoms with Gasteiger partial charge in [0.15, 0.2) is 0 Å². The highest BCUT2D eigenvalue weighted by Crippen LogP contribution is 2.27. The van der Waals surface area contributed by atoms with Crippen LogP contribution in [0.15, 0.2) is 22.7 Å². The molecular formula is C14H18Br2ClNO. The first-order valence-corrected chi connectivity index (χ1v) is 8.37. The van der Waals surface area contributed by atoms with Crippen LogP contribution < -0.4 is 5.32 Å². The van der Waals surface area contributed by atoms with E-state index >= 15 is 0 Å². The lowest BCUT2D eigenvalue weighted by Crippen LogP contribution is -2.44. The van der Waals surface area contributed by atoms with Crippen LogP contribution in [-0.4, -0.2) is 17.3 Å². The number of halogens is 3. The molecule has 0 saturated carbocycles. The Labute approximate surface area is 136 Å². The molecule has 0 saturated heterocycles. The number of carbonyl (C=O) groups excluding carboxylic acids is 1. The van der Waals surface area contributed by atoms with Crippen molar-refractivity contribution < 1.29 is 4.79 Å². The summed E-state index contributed by atoms with van der Waals surface area (Å²) in [6.07, 6.45) is 0.876. The molecule has 1 rings (SSSR count). The number of amides is 1. The molecule has 0 aromatic heterocycles. The molecule has 0 aliphatic heterocycles. The minimum atomic E-state index is -0.132. The van der Waals surface area contributed by atoms with Crippen molar-refractivity contribution in [1.82, 2.24) is 5.32 Å². The summed E-state index contributed by atoms with van der Waals surface area (Å²) >= 11 is 12.9. The summed E-state index contributed by atoms with van der Waals surface area (Å²) in [5.74, 6) is -0.132. The molecule has 0 radical (unpaired) electrons. The van der Waals surface area contributed by atoms with E-state index < -0.39 is 0 Å². The number of nitrogens with one attached hydrogen (secondary N) is 1. The molecule has 5 heteroatoms. The van der Waals surface area contributed by atoms with E-state index in [0.29, 0.717) is 10.6 Å². The molecule has 1 aromatic rings. The summed E-state index contributed by atoms with van der Waals surface area (Å²) < 4.78 is 0.731. The first-order chi connectivity index (χ1) is 8.77. The summed E-state index contributed by atoms with van der Waals surface area (Å²) in [5.41, 5.74) is 0.502. The fraction of sp³-hybridized carbons (Fsp3) is 0.500. The third-order valence-corrected chi connectivity index (χ3v) is 4.70. The molecule has 0 fully saturated rings. The van der Waals surface area contributed by atoms with Crippen LogP contribution in [0.5, 0.6) is 0 Å². The number of carbonyl (C=O) groups is 1. The Balaban J connectivity index is 2.91. The van der Waals surface area contributed by atoms with Gasteiger partial charge in [-0.05, 0) is 39.9 Å². The minimum Gasteiger partial charge on any atom is -0.349 e. The van der Waals surface area contributed by atoms with E-state index in [4.69, 9.17) is 11.6 Å². The topological polar surface area (TPSA) is 29.1 Å². The van der Waals surface area contributed by atoms with E-state index in [1.807, 2.05) is 12.1 Å². The molecule has 0 spiro atoms. The Morgan fingerprint density at radius 2 is 2.05 bits per heavy atom. The molecule has 1 aromatic carbocycles. The fourth-order valence-corrected chi connectivity index (χ4v) is 2.78. The molecule has 19 heavy (non-hydrogen) atoms. The van der Waals surface area contributed by atoms with Gasteiger partial charge in [0.25, 0.3) is 5.91 Å². The second-order valence-electron chi connectivity index (χ2n) is 5.47. The van der Waals surface area contributed by atoms with Gasteiger partial charge in [0, 0.05) is 15.8 Å². The minimum absolute atomic E-state index is 0.00190. The average molecular weight is 412 g/mol. The molecule has 1 unspecified atom stereocenters. The van der Waals surface area contributed by atoms with Gasteiger partial charge >= 0.3 is 0 Å². The molecule has 0 bridgehead atoms. The fourth-order valence-electron chi connectivity index (χ4n) is 1.75. The Hall–Kier alpha value is -0.0600. The van der Waals surface area contributed by atoms with Crippen LogP contribution >= 0.6 is 43.5 Å². The summed E-state index contributed by atoms with van der Waals surface area (Å²) in [6.45, 7) is 6.34. The second kappa shape index (κ2) is 7.09. The Bertz CT molecular complexity index is 457. The highest BCUT2D eigenvalue weighted by atomic mass is 79.9. The maximum absolute atomic E-state index is 12.3. The van der Waals surface area contributed by atoms with Crippen LogP contribution in [0.4, 0.5) is 0 Å². The molecular weight excluding hydrogens is 393 g/mol. The average Bonchev–Trinajstić information content (AvgIpc) is 2.30. The number of hydrogen-bond donors (Lipinski definition) is 1. The van der Waals surface area contributed by atoms with E-state index in [9.17, 15) is 4.79 Å². The lowest BCUT2D eigenvalue weighted by Gasteiger charge is -2.31. The summed E-state index contributed by atoms with van der Waals surface area (Å²) in [4.78, 5) is 12.3. The van der Waals surface area contributed by atoms with Crippen LogP contribution in [0.3, 0.4) is 0 Å². The standard InChI is InChI=1S/C14H18Br2ClNO/c1-14(2,3)11(7-8-15)18-13(19)9-5-4-6-10(16)12(9)17/h4-6,11H,7-8H2,1-3H3,(H,18,19). The van der Waals surface area contributed by atoms with Gasteiger partial charge in [-0.1, -0.05) is 54.4 Å². The third-order valence-electron chi connectivity index (χ3n) is 2.94. The van der Waals surface area contributed by atoms with Gasteiger partial charge in [-0.15, -0.1) is 0 Å². The first-order valence-electron chi connectivity index (χ1n) is 6.08. The van der Waals surface area contributed by atoms with Crippen molar-refractivity contribution in [2.75, 3.05) is 5.33 Å². The van der Waals surface area contributed by atoms with Crippen molar-refractivity contribution >= 4 is 49.4 Å². The normalized spacial score (nSPS) is 13.2. The van der Waals surface area contributed by atoms with Crippen LogP contribution in [-0.2, 0) is 0 Å². The van der Waals surface area contributed by atoms with Crippen molar-refractivity contribution in [2.45, 2.75) is 33.2 Å². The third kappa shape index (κ3) is 4.76. The maximum Gasteiger partial charge on any atom is 0.253 e. The summed E-state index contributed by atoms with van der Waals surface area (Å²) in [6, 6.07) is 5.45. The van der Waals surface area contributed by atoms with E-state index in [-0.39, 0.29) is 17.4 Å². The van der Waals surface area contributed by atoms with E-state index in [1.54, 1.807) is 6.07 Å². The zero-order valence-corrected chi connectivity index (χ0v) is 15.2. The van der Waals surface area contributed by atoms with Gasteiger partial charge in [0.1, 0.15) is 0 Å². The van der Waals surface area contributed by atoms with Crippen molar-refractivity contribution in [3.05, 3.63) is 33.3 Å². The van der Waals surface area contributed by atoms with Crippen LogP contribution in [0.2, 0.25) is 5.02 Å². The van der Waals surface area contributed by atoms with Gasteiger partial charge in [0.05, 0.1) is 10.6 Å². The maximum atomic E-state index is 12.3. The number of alkyl halides is 1. The van der Waals surface area contributed by atoms with Crippen molar-refractivity contribution in [3.8, 4) is 0 Å². The first kappa shape index (κ1) is 17.0. The molecule has 1 atom stereocenters. The smallest absolute Gasteiger partial charge is 0.253 e. The van der Waals surface area contributed by atoms with Crippen LogP contribution in [0.25, 0.3) is 0 Å². The predicted molar refractivity (Wildman–Crippen MR) is 88.3 cm³/mol. The summed E-state index contributed by atoms with van der Waals surface area (Å²) in [5, 5.41) is 4.37. The van der Waals surface area contributed by atoms with Gasteiger partial charge in [-0.3, -0.25) is 4.79 Å². The predicted octanol–water partition coefficient (Wildman–Crippen LogP) is 5.03. The molecule has 1 amide bonds. The van der Waals surface area contributed by atoms with Gasteiger partial charge in [0.2, 0.25) is 0 Å². The van der Waals surface area contributed by atoms with Crippen molar-refractivity contribution in [3.63, 3.8) is 0 Å². The van der Waals surface area contributed by atoms with Crippen molar-refractivity contribution in [1.29, 1.82) is 0 Å². The quantitative estimate of drug-likeness (QED) is 0.692. The number of rotatable bonds is 4. The Kier molecular flexibility index (Phi) is 6.34. The summed E-state index contributed by atoms with van der Waals surface area (Å²) in [7, 11) is 0. The highest BCUT2D eigenvalue weighted by Gasteiger charge is 2.26. The lowest BCUT2D eigenvalue weighted by atomic mass is 9.85. The SMILES string of the molecule is CC(C)(C)C(CCBr)NC(=O)c1cccc(Br)c1Cl. The van der Waals surface area contributed by atoms with E-state index in [2.05, 4.69) is 57.9 Å². The van der Waals surface area contributed by atoms with Crippen LogP contribution in [0, 0.1) is 5.41 Å². The largest absolute Gasteiger partial charge is 0.349 e. The number of benzene rings is 1. The monoisotopic (exact) mass is 409 g/mol. The molecule has 106 valence electrons. The number of hydrogen-bond acceptors (Lipinski definition) is 1. The highest BCUT2D eigenvalue weighted by molar-refractivity contribution is 9.10. The molecule has 0 aliphatic rings. The Morgan fingerprint density at radius 3 is 2.58 bits per heavy atom. The zero-order valence-electron chi connectivity index (χ0n) is 11.3.